The Hall–Kier alpha value is -2.80. The van der Waals surface area contributed by atoms with Gasteiger partial charge in [-0.2, -0.15) is 15.6 Å². The number of sulfonamides is 1. The fraction of sp³-hybridized carbons (Fsp3) is 0.350. The predicted octanol–water partition coefficient (Wildman–Crippen LogP) is 2.10. The van der Waals surface area contributed by atoms with Gasteiger partial charge in [-0.05, 0) is 42.5 Å². The van der Waals surface area contributed by atoms with Gasteiger partial charge >= 0.3 is 12.1 Å². The van der Waals surface area contributed by atoms with E-state index >= 15 is 0 Å². The fourth-order valence-electron chi connectivity index (χ4n) is 3.10. The zero-order chi connectivity index (χ0) is 23.3. The quantitative estimate of drug-likeness (QED) is 0.394. The number of amides is 2. The Morgan fingerprint density at radius 2 is 1.88 bits per heavy atom. The van der Waals surface area contributed by atoms with E-state index in [-0.39, 0.29) is 22.1 Å². The fourth-order valence-corrected chi connectivity index (χ4v) is 5.25. The molecule has 0 radical (unpaired) electrons. The zero-order valence-electron chi connectivity index (χ0n) is 17.5. The minimum absolute atomic E-state index is 0.0282. The molecular formula is C20H23N3O7S2. The highest BCUT2D eigenvalue weighted by atomic mass is 32.2. The number of piperidine rings is 1. The van der Waals surface area contributed by atoms with Gasteiger partial charge < -0.3 is 9.47 Å². The molecule has 1 aliphatic rings. The Bertz CT molecular complexity index is 1080. The Morgan fingerprint density at radius 3 is 2.50 bits per heavy atom. The standard InChI is InChI=1S/C20H23N3O7S2/c1-22(20(26)30-19(25)15-8-11-31-13-15)21-18(24)14-4-3-5-17(12-14)32(27,28)23-9-6-16(29-2)7-10-23/h3-5,8,11-13,16H,6-7,9-10H2,1-2H3,(H,21,24). The van der Waals surface area contributed by atoms with Gasteiger partial charge in [-0.25, -0.2) is 23.0 Å². The number of esters is 1. The first-order chi connectivity index (χ1) is 15.2. The molecule has 3 rings (SSSR count). The second kappa shape index (κ2) is 10.2. The third kappa shape index (κ3) is 5.51. The number of carbonyl (C=O) groups excluding carboxylic acids is 3. The van der Waals surface area contributed by atoms with Crippen LogP contribution in [0.2, 0.25) is 0 Å². The first kappa shape index (κ1) is 23.9. The van der Waals surface area contributed by atoms with E-state index in [4.69, 9.17) is 9.47 Å². The number of nitrogens with one attached hydrogen (secondary N) is 1. The molecule has 1 aromatic heterocycles. The SMILES string of the molecule is COC1CCN(S(=O)(=O)c2cccc(C(=O)NN(C)C(=O)OC(=O)c3ccsc3)c2)CC1. The summed E-state index contributed by atoms with van der Waals surface area (Å²) in [4.78, 5) is 36.4. The summed E-state index contributed by atoms with van der Waals surface area (Å²) in [7, 11) is -0.978. The maximum absolute atomic E-state index is 13.0. The van der Waals surface area contributed by atoms with Crippen molar-refractivity contribution in [1.29, 1.82) is 0 Å². The van der Waals surface area contributed by atoms with Crippen molar-refractivity contribution in [1.82, 2.24) is 14.7 Å². The number of hydrogen-bond donors (Lipinski definition) is 1. The summed E-state index contributed by atoms with van der Waals surface area (Å²) < 4.78 is 37.2. The highest BCUT2D eigenvalue weighted by molar-refractivity contribution is 7.89. The monoisotopic (exact) mass is 481 g/mol. The molecule has 1 aromatic carbocycles. The van der Waals surface area contributed by atoms with Gasteiger partial charge in [0.2, 0.25) is 10.0 Å². The average molecular weight is 482 g/mol. The van der Waals surface area contributed by atoms with Gasteiger partial charge in [0.15, 0.2) is 0 Å². The normalized spacial score (nSPS) is 15.2. The van der Waals surface area contributed by atoms with E-state index in [1.807, 2.05) is 0 Å². The van der Waals surface area contributed by atoms with E-state index in [9.17, 15) is 22.8 Å². The van der Waals surface area contributed by atoms with E-state index in [0.717, 1.165) is 0 Å². The molecule has 0 aliphatic carbocycles. The van der Waals surface area contributed by atoms with E-state index in [0.29, 0.717) is 30.9 Å². The van der Waals surface area contributed by atoms with Crippen LogP contribution in [0.15, 0.2) is 46.0 Å². The van der Waals surface area contributed by atoms with Crippen LogP contribution >= 0.6 is 11.3 Å². The molecule has 1 saturated heterocycles. The van der Waals surface area contributed by atoms with Crippen molar-refractivity contribution >= 4 is 39.3 Å². The first-order valence-electron chi connectivity index (χ1n) is 9.68. The van der Waals surface area contributed by atoms with Crippen LogP contribution in [-0.2, 0) is 19.5 Å². The summed E-state index contributed by atoms with van der Waals surface area (Å²) in [5.74, 6) is -1.58. The molecule has 0 bridgehead atoms. The molecule has 1 fully saturated rings. The van der Waals surface area contributed by atoms with Crippen LogP contribution in [0.5, 0.6) is 0 Å². The maximum Gasteiger partial charge on any atom is 0.436 e. The molecule has 1 aliphatic heterocycles. The highest BCUT2D eigenvalue weighted by Crippen LogP contribution is 2.22. The summed E-state index contributed by atoms with van der Waals surface area (Å²) in [6.07, 6.45) is 0.125. The maximum atomic E-state index is 13.0. The molecule has 0 saturated carbocycles. The topological polar surface area (TPSA) is 122 Å². The lowest BCUT2D eigenvalue weighted by Crippen LogP contribution is -2.44. The number of methoxy groups -OCH3 is 1. The summed E-state index contributed by atoms with van der Waals surface area (Å²) in [5, 5.41) is 3.90. The van der Waals surface area contributed by atoms with Gasteiger partial charge in [-0.3, -0.25) is 10.2 Å². The lowest BCUT2D eigenvalue weighted by Gasteiger charge is -2.30. The Balaban J connectivity index is 1.64. The van der Waals surface area contributed by atoms with Gasteiger partial charge in [0.05, 0.1) is 16.6 Å². The molecule has 32 heavy (non-hydrogen) atoms. The first-order valence-corrected chi connectivity index (χ1v) is 12.1. The largest absolute Gasteiger partial charge is 0.436 e. The molecule has 0 spiro atoms. The third-order valence-corrected chi connectivity index (χ3v) is 7.53. The van der Waals surface area contributed by atoms with Crippen molar-refractivity contribution in [2.45, 2.75) is 23.8 Å². The highest BCUT2D eigenvalue weighted by Gasteiger charge is 2.30. The molecule has 10 nitrogen and oxygen atoms in total. The number of carbonyl (C=O) groups is 3. The zero-order valence-corrected chi connectivity index (χ0v) is 19.1. The number of hydrazine groups is 1. The Morgan fingerprint density at radius 1 is 1.16 bits per heavy atom. The molecule has 2 heterocycles. The van der Waals surface area contributed by atoms with Gasteiger partial charge in [0.25, 0.3) is 5.91 Å². The lowest BCUT2D eigenvalue weighted by atomic mass is 10.1. The third-order valence-electron chi connectivity index (χ3n) is 4.95. The molecule has 172 valence electrons. The van der Waals surface area contributed by atoms with Crippen LogP contribution in [0.25, 0.3) is 0 Å². The summed E-state index contributed by atoms with van der Waals surface area (Å²) >= 11 is 1.27. The number of nitrogens with zero attached hydrogens (tertiary/aromatic N) is 2. The van der Waals surface area contributed by atoms with Crippen LogP contribution in [0, 0.1) is 0 Å². The van der Waals surface area contributed by atoms with E-state index < -0.39 is 28.0 Å². The molecule has 1 N–H and O–H groups in total. The van der Waals surface area contributed by atoms with E-state index in [1.54, 1.807) is 12.5 Å². The molecule has 0 atom stereocenters. The summed E-state index contributed by atoms with van der Waals surface area (Å²) in [6, 6.07) is 7.01. The average Bonchev–Trinajstić information content (AvgIpc) is 3.34. The molecule has 2 aromatic rings. The number of rotatable bonds is 5. The van der Waals surface area contributed by atoms with Crippen LogP contribution < -0.4 is 5.43 Å². The van der Waals surface area contributed by atoms with Crippen LogP contribution in [0.3, 0.4) is 0 Å². The van der Waals surface area contributed by atoms with Gasteiger partial charge in [0, 0.05) is 38.2 Å². The lowest BCUT2D eigenvalue weighted by molar-refractivity contribution is 0.0497. The predicted molar refractivity (Wildman–Crippen MR) is 116 cm³/mol. The van der Waals surface area contributed by atoms with Gasteiger partial charge in [0.1, 0.15) is 0 Å². The van der Waals surface area contributed by atoms with Crippen molar-refractivity contribution in [2.24, 2.45) is 0 Å². The van der Waals surface area contributed by atoms with E-state index in [1.165, 1.54) is 58.4 Å². The minimum Gasteiger partial charge on any atom is -0.381 e. The summed E-state index contributed by atoms with van der Waals surface area (Å²) in [5.41, 5.74) is 2.51. The Labute approximate surface area is 189 Å². The number of benzene rings is 1. The number of hydrogen-bond acceptors (Lipinski definition) is 8. The second-order valence-electron chi connectivity index (χ2n) is 7.03. The second-order valence-corrected chi connectivity index (χ2v) is 9.75. The molecular weight excluding hydrogens is 458 g/mol. The van der Waals surface area contributed by atoms with Crippen molar-refractivity contribution in [3.05, 3.63) is 52.2 Å². The number of ether oxygens (including phenoxy) is 2. The van der Waals surface area contributed by atoms with Crippen molar-refractivity contribution in [2.75, 3.05) is 27.2 Å². The van der Waals surface area contributed by atoms with Crippen molar-refractivity contribution in [3.8, 4) is 0 Å². The molecule has 0 unspecified atom stereocenters. The van der Waals surface area contributed by atoms with E-state index in [2.05, 4.69) is 5.43 Å². The van der Waals surface area contributed by atoms with Gasteiger partial charge in [-0.1, -0.05) is 6.07 Å². The van der Waals surface area contributed by atoms with Crippen molar-refractivity contribution in [3.63, 3.8) is 0 Å². The molecule has 2 amide bonds. The van der Waals surface area contributed by atoms with Crippen LogP contribution in [0.4, 0.5) is 4.79 Å². The summed E-state index contributed by atoms with van der Waals surface area (Å²) in [6.45, 7) is 0.647. The van der Waals surface area contributed by atoms with Crippen LogP contribution in [0.1, 0.15) is 33.6 Å². The van der Waals surface area contributed by atoms with Crippen LogP contribution in [-0.4, -0.2) is 69.1 Å². The van der Waals surface area contributed by atoms with Gasteiger partial charge in [-0.15, -0.1) is 0 Å². The minimum atomic E-state index is -3.79. The Kier molecular flexibility index (Phi) is 7.61. The smallest absolute Gasteiger partial charge is 0.381 e. The molecule has 12 heteroatoms. The van der Waals surface area contributed by atoms with Crippen molar-refractivity contribution < 1.29 is 32.3 Å². The number of thiophene rings is 1.